The van der Waals surface area contributed by atoms with Crippen LogP contribution >= 0.6 is 0 Å². The van der Waals surface area contributed by atoms with Gasteiger partial charge in [0, 0.05) is 12.1 Å². The smallest absolute Gasteiger partial charge is 0.258 e. The molecular weight excluding hydrogens is 264 g/mol. The minimum absolute atomic E-state index is 0.0133. The second-order valence-electron chi connectivity index (χ2n) is 6.42. The molecule has 0 saturated heterocycles. The Morgan fingerprint density at radius 1 is 1.33 bits per heavy atom. The number of hydrogen-bond donors (Lipinski definition) is 2. The Morgan fingerprint density at radius 2 is 1.90 bits per heavy atom. The van der Waals surface area contributed by atoms with Gasteiger partial charge in [-0.05, 0) is 44.2 Å². The fourth-order valence-electron chi connectivity index (χ4n) is 2.62. The Bertz CT molecular complexity index is 465. The van der Waals surface area contributed by atoms with Crippen LogP contribution in [-0.4, -0.2) is 24.6 Å². The van der Waals surface area contributed by atoms with E-state index in [4.69, 9.17) is 10.5 Å². The highest BCUT2D eigenvalue weighted by molar-refractivity contribution is 5.78. The molecule has 0 aliphatic heterocycles. The molecule has 1 aromatic rings. The number of nitrogens with two attached hydrogens (primary N) is 1. The summed E-state index contributed by atoms with van der Waals surface area (Å²) in [7, 11) is 0. The van der Waals surface area contributed by atoms with Crippen molar-refractivity contribution < 1.29 is 9.53 Å². The van der Waals surface area contributed by atoms with Crippen molar-refractivity contribution in [2.45, 2.75) is 46.6 Å². The molecule has 1 aromatic carbocycles. The van der Waals surface area contributed by atoms with Crippen LogP contribution in [0.15, 0.2) is 18.2 Å². The number of benzene rings is 1. The molecule has 3 N–H and O–H groups in total. The van der Waals surface area contributed by atoms with Gasteiger partial charge < -0.3 is 15.8 Å². The van der Waals surface area contributed by atoms with E-state index in [1.807, 2.05) is 39.0 Å². The maximum atomic E-state index is 12.1. The molecule has 0 fully saturated rings. The highest BCUT2D eigenvalue weighted by Crippen LogP contribution is 2.22. The SMILES string of the molecule is Cc1cccc(C)c1OCC(=O)NC(C)(CN)CC(C)C. The number of carbonyl (C=O) groups is 1. The number of hydrogen-bond acceptors (Lipinski definition) is 3. The molecule has 0 spiro atoms. The second kappa shape index (κ2) is 7.46. The zero-order valence-corrected chi connectivity index (χ0v) is 13.8. The number of aryl methyl sites for hydroxylation is 2. The van der Waals surface area contributed by atoms with Crippen molar-refractivity contribution in [1.82, 2.24) is 5.32 Å². The molecule has 118 valence electrons. The van der Waals surface area contributed by atoms with Gasteiger partial charge in [-0.3, -0.25) is 4.79 Å². The van der Waals surface area contributed by atoms with E-state index in [1.165, 1.54) is 0 Å². The lowest BCUT2D eigenvalue weighted by atomic mass is 9.91. The van der Waals surface area contributed by atoms with Gasteiger partial charge in [-0.1, -0.05) is 32.0 Å². The summed E-state index contributed by atoms with van der Waals surface area (Å²) in [6.07, 6.45) is 0.846. The van der Waals surface area contributed by atoms with Crippen molar-refractivity contribution >= 4 is 5.91 Å². The van der Waals surface area contributed by atoms with Crippen molar-refractivity contribution in [1.29, 1.82) is 0 Å². The van der Waals surface area contributed by atoms with E-state index in [2.05, 4.69) is 19.2 Å². The molecule has 1 amide bonds. The predicted octanol–water partition coefficient (Wildman–Crippen LogP) is 2.56. The van der Waals surface area contributed by atoms with E-state index in [9.17, 15) is 4.79 Å². The van der Waals surface area contributed by atoms with E-state index in [-0.39, 0.29) is 18.1 Å². The van der Waals surface area contributed by atoms with Gasteiger partial charge in [0.05, 0.1) is 0 Å². The molecule has 1 atom stereocenters. The van der Waals surface area contributed by atoms with Crippen molar-refractivity contribution in [3.8, 4) is 5.75 Å². The standard InChI is InChI=1S/C17H28N2O2/c1-12(2)9-17(5,11-18)19-15(20)10-21-16-13(3)7-6-8-14(16)4/h6-8,12H,9-11,18H2,1-5H3,(H,19,20). The molecular formula is C17H28N2O2. The molecule has 1 rings (SSSR count). The Hall–Kier alpha value is -1.55. The maximum Gasteiger partial charge on any atom is 0.258 e. The summed E-state index contributed by atoms with van der Waals surface area (Å²) in [4.78, 5) is 12.1. The van der Waals surface area contributed by atoms with Gasteiger partial charge in [0.25, 0.3) is 5.91 Å². The third-order valence-corrected chi connectivity index (χ3v) is 3.51. The van der Waals surface area contributed by atoms with E-state index in [0.717, 1.165) is 23.3 Å². The van der Waals surface area contributed by atoms with Crippen molar-refractivity contribution in [2.75, 3.05) is 13.2 Å². The summed E-state index contributed by atoms with van der Waals surface area (Å²) in [5.74, 6) is 1.12. The number of ether oxygens (including phenoxy) is 1. The first-order valence-corrected chi connectivity index (χ1v) is 7.47. The maximum absolute atomic E-state index is 12.1. The fourth-order valence-corrected chi connectivity index (χ4v) is 2.62. The summed E-state index contributed by atoms with van der Waals surface area (Å²) in [6.45, 7) is 10.6. The van der Waals surface area contributed by atoms with Gasteiger partial charge in [-0.2, -0.15) is 0 Å². The molecule has 21 heavy (non-hydrogen) atoms. The molecule has 0 heterocycles. The Morgan fingerprint density at radius 3 is 2.38 bits per heavy atom. The van der Waals surface area contributed by atoms with E-state index >= 15 is 0 Å². The van der Waals surface area contributed by atoms with Gasteiger partial charge in [0.15, 0.2) is 6.61 Å². The van der Waals surface area contributed by atoms with Crippen LogP contribution in [0, 0.1) is 19.8 Å². The van der Waals surface area contributed by atoms with Gasteiger partial charge in [0.2, 0.25) is 0 Å². The molecule has 0 radical (unpaired) electrons. The van der Waals surface area contributed by atoms with Crippen LogP contribution in [0.1, 0.15) is 38.3 Å². The largest absolute Gasteiger partial charge is 0.483 e. The molecule has 0 bridgehead atoms. The van der Waals surface area contributed by atoms with Crippen LogP contribution in [0.25, 0.3) is 0 Å². The minimum Gasteiger partial charge on any atom is -0.483 e. The second-order valence-corrected chi connectivity index (χ2v) is 6.42. The Balaban J connectivity index is 2.61. The van der Waals surface area contributed by atoms with Crippen LogP contribution in [0.4, 0.5) is 0 Å². The highest BCUT2D eigenvalue weighted by Gasteiger charge is 2.26. The van der Waals surface area contributed by atoms with Gasteiger partial charge in [-0.25, -0.2) is 0 Å². The van der Waals surface area contributed by atoms with E-state index < -0.39 is 0 Å². The molecule has 4 nitrogen and oxygen atoms in total. The summed E-state index contributed by atoms with van der Waals surface area (Å²) in [5, 5.41) is 2.99. The van der Waals surface area contributed by atoms with Crippen molar-refractivity contribution in [3.05, 3.63) is 29.3 Å². The van der Waals surface area contributed by atoms with Crippen LogP contribution in [0.2, 0.25) is 0 Å². The van der Waals surface area contributed by atoms with E-state index in [0.29, 0.717) is 12.5 Å². The number of nitrogens with one attached hydrogen (secondary N) is 1. The predicted molar refractivity (Wildman–Crippen MR) is 86.5 cm³/mol. The van der Waals surface area contributed by atoms with E-state index in [1.54, 1.807) is 0 Å². The lowest BCUT2D eigenvalue weighted by Gasteiger charge is -2.31. The first-order valence-electron chi connectivity index (χ1n) is 7.47. The lowest BCUT2D eigenvalue weighted by molar-refractivity contribution is -0.125. The molecule has 4 heteroatoms. The zero-order chi connectivity index (χ0) is 16.0. The number of rotatable bonds is 7. The van der Waals surface area contributed by atoms with Crippen LogP contribution in [0.3, 0.4) is 0 Å². The van der Waals surface area contributed by atoms with Crippen molar-refractivity contribution in [3.63, 3.8) is 0 Å². The molecule has 0 saturated carbocycles. The fraction of sp³-hybridized carbons (Fsp3) is 0.588. The molecule has 0 aromatic heterocycles. The number of para-hydroxylation sites is 1. The minimum atomic E-state index is -0.380. The van der Waals surface area contributed by atoms with Gasteiger partial charge in [-0.15, -0.1) is 0 Å². The molecule has 0 aliphatic rings. The third kappa shape index (κ3) is 5.38. The quantitative estimate of drug-likeness (QED) is 0.812. The van der Waals surface area contributed by atoms with Crippen LogP contribution in [-0.2, 0) is 4.79 Å². The summed E-state index contributed by atoms with van der Waals surface area (Å²) in [6, 6.07) is 5.93. The van der Waals surface area contributed by atoms with Crippen LogP contribution < -0.4 is 15.8 Å². The van der Waals surface area contributed by atoms with Gasteiger partial charge in [0.1, 0.15) is 5.75 Å². The number of carbonyl (C=O) groups excluding carboxylic acids is 1. The average molecular weight is 292 g/mol. The lowest BCUT2D eigenvalue weighted by Crippen LogP contribution is -2.53. The topological polar surface area (TPSA) is 64.3 Å². The zero-order valence-electron chi connectivity index (χ0n) is 13.8. The third-order valence-electron chi connectivity index (χ3n) is 3.51. The first kappa shape index (κ1) is 17.5. The highest BCUT2D eigenvalue weighted by atomic mass is 16.5. The first-order chi connectivity index (χ1) is 9.77. The molecule has 1 unspecified atom stereocenters. The monoisotopic (exact) mass is 292 g/mol. The molecule has 0 aliphatic carbocycles. The summed E-state index contributed by atoms with van der Waals surface area (Å²) in [5.41, 5.74) is 7.49. The summed E-state index contributed by atoms with van der Waals surface area (Å²) >= 11 is 0. The van der Waals surface area contributed by atoms with Crippen molar-refractivity contribution in [2.24, 2.45) is 11.7 Å². The van der Waals surface area contributed by atoms with Crippen LogP contribution in [0.5, 0.6) is 5.75 Å². The van der Waals surface area contributed by atoms with Gasteiger partial charge >= 0.3 is 0 Å². The Labute approximate surface area is 128 Å². The normalized spacial score (nSPS) is 13.9. The number of amides is 1. The summed E-state index contributed by atoms with van der Waals surface area (Å²) < 4.78 is 5.67. The average Bonchev–Trinajstić information content (AvgIpc) is 2.37. The Kier molecular flexibility index (Phi) is 6.21.